The zero-order chi connectivity index (χ0) is 15.9. The summed E-state index contributed by atoms with van der Waals surface area (Å²) >= 11 is 0. The maximum Gasteiger partial charge on any atom is 0.254 e. The van der Waals surface area contributed by atoms with Gasteiger partial charge in [-0.25, -0.2) is 4.39 Å². The second-order valence-electron chi connectivity index (χ2n) is 5.34. The fourth-order valence-electron chi connectivity index (χ4n) is 2.46. The molecule has 2 amide bonds. The lowest BCUT2D eigenvalue weighted by atomic mass is 10.2. The van der Waals surface area contributed by atoms with E-state index in [9.17, 15) is 14.0 Å². The van der Waals surface area contributed by atoms with Crippen LogP contribution >= 0.6 is 0 Å². The zero-order valence-corrected chi connectivity index (χ0v) is 12.7. The van der Waals surface area contributed by atoms with E-state index in [1.807, 2.05) is 0 Å². The number of nitrogens with one attached hydrogen (secondary N) is 1. The van der Waals surface area contributed by atoms with Crippen LogP contribution in [0.1, 0.15) is 30.1 Å². The van der Waals surface area contributed by atoms with Gasteiger partial charge in [-0.3, -0.25) is 9.59 Å². The molecule has 1 aliphatic heterocycles. The summed E-state index contributed by atoms with van der Waals surface area (Å²) in [7, 11) is 0. The summed E-state index contributed by atoms with van der Waals surface area (Å²) < 4.78 is 19.0. The van der Waals surface area contributed by atoms with Gasteiger partial charge < -0.3 is 15.0 Å². The van der Waals surface area contributed by atoms with E-state index in [0.717, 1.165) is 19.4 Å². The Balaban J connectivity index is 1.81. The largest absolute Gasteiger partial charge is 0.376 e. The highest BCUT2D eigenvalue weighted by molar-refractivity contribution is 5.94. The molecule has 1 atom stereocenters. The summed E-state index contributed by atoms with van der Waals surface area (Å²) in [4.78, 5) is 25.2. The molecule has 120 valence electrons. The normalized spacial score (nSPS) is 17.3. The Morgan fingerprint density at radius 2 is 2.18 bits per heavy atom. The summed E-state index contributed by atoms with van der Waals surface area (Å²) in [5.74, 6) is -1.09. The summed E-state index contributed by atoms with van der Waals surface area (Å²) in [6, 6.07) is 5.82. The molecule has 1 aliphatic rings. The SMILES string of the molecule is CC(=O)N(CCNC(=O)c1ccccc1F)CC1CCCO1. The second-order valence-corrected chi connectivity index (χ2v) is 5.34. The van der Waals surface area contributed by atoms with Crippen molar-refractivity contribution in [3.05, 3.63) is 35.6 Å². The smallest absolute Gasteiger partial charge is 0.254 e. The standard InChI is InChI=1S/C16H21FN2O3/c1-12(20)19(11-13-5-4-10-22-13)9-8-18-16(21)14-6-2-3-7-15(14)17/h2-3,6-7,13H,4-5,8-11H2,1H3,(H,18,21). The number of amides is 2. The van der Waals surface area contributed by atoms with Gasteiger partial charge in [0.15, 0.2) is 0 Å². The molecule has 1 unspecified atom stereocenters. The van der Waals surface area contributed by atoms with Gasteiger partial charge in [-0.15, -0.1) is 0 Å². The van der Waals surface area contributed by atoms with Gasteiger partial charge in [-0.05, 0) is 25.0 Å². The fourth-order valence-corrected chi connectivity index (χ4v) is 2.46. The van der Waals surface area contributed by atoms with Crippen LogP contribution in [0.15, 0.2) is 24.3 Å². The van der Waals surface area contributed by atoms with Gasteiger partial charge >= 0.3 is 0 Å². The van der Waals surface area contributed by atoms with Gasteiger partial charge in [0.05, 0.1) is 11.7 Å². The van der Waals surface area contributed by atoms with Gasteiger partial charge in [-0.2, -0.15) is 0 Å². The van der Waals surface area contributed by atoms with Crippen molar-refractivity contribution in [2.45, 2.75) is 25.9 Å². The molecule has 0 radical (unpaired) electrons. The third-order valence-corrected chi connectivity index (χ3v) is 3.68. The van der Waals surface area contributed by atoms with Crippen LogP contribution in [0.25, 0.3) is 0 Å². The van der Waals surface area contributed by atoms with Crippen LogP contribution < -0.4 is 5.32 Å². The van der Waals surface area contributed by atoms with Crippen LogP contribution in [0.5, 0.6) is 0 Å². The summed E-state index contributed by atoms with van der Waals surface area (Å²) in [6.07, 6.45) is 2.04. The molecule has 0 saturated carbocycles. The summed E-state index contributed by atoms with van der Waals surface area (Å²) in [5.41, 5.74) is 0.0102. The predicted molar refractivity (Wildman–Crippen MR) is 80.0 cm³/mol. The molecule has 1 heterocycles. The quantitative estimate of drug-likeness (QED) is 0.868. The van der Waals surface area contributed by atoms with Crippen LogP contribution in [0.4, 0.5) is 4.39 Å². The molecule has 0 bridgehead atoms. The van der Waals surface area contributed by atoms with Gasteiger partial charge in [0.25, 0.3) is 5.91 Å². The topological polar surface area (TPSA) is 58.6 Å². The Labute approximate surface area is 129 Å². The Kier molecular flexibility index (Phi) is 5.89. The number of hydrogen-bond donors (Lipinski definition) is 1. The Morgan fingerprint density at radius 3 is 2.82 bits per heavy atom. The van der Waals surface area contributed by atoms with Crippen molar-refractivity contribution in [2.24, 2.45) is 0 Å². The van der Waals surface area contributed by atoms with Gasteiger partial charge in [0.2, 0.25) is 5.91 Å². The molecular weight excluding hydrogens is 287 g/mol. The highest BCUT2D eigenvalue weighted by Gasteiger charge is 2.20. The third kappa shape index (κ3) is 4.53. The van der Waals surface area contributed by atoms with E-state index in [-0.39, 0.29) is 24.1 Å². The van der Waals surface area contributed by atoms with Crippen LogP contribution in [0.2, 0.25) is 0 Å². The number of benzene rings is 1. The predicted octanol–water partition coefficient (Wildman–Crippen LogP) is 1.58. The summed E-state index contributed by atoms with van der Waals surface area (Å²) in [5, 5.41) is 2.64. The van der Waals surface area contributed by atoms with Crippen LogP contribution in [0.3, 0.4) is 0 Å². The Morgan fingerprint density at radius 1 is 1.41 bits per heavy atom. The third-order valence-electron chi connectivity index (χ3n) is 3.68. The first kappa shape index (κ1) is 16.4. The molecule has 0 aliphatic carbocycles. The zero-order valence-electron chi connectivity index (χ0n) is 12.7. The minimum Gasteiger partial charge on any atom is -0.376 e. The average Bonchev–Trinajstić information content (AvgIpc) is 2.99. The maximum absolute atomic E-state index is 13.5. The minimum absolute atomic E-state index is 0.0102. The lowest BCUT2D eigenvalue weighted by Crippen LogP contribution is -2.41. The lowest BCUT2D eigenvalue weighted by molar-refractivity contribution is -0.130. The molecule has 1 aromatic carbocycles. The highest BCUT2D eigenvalue weighted by atomic mass is 19.1. The molecule has 1 aromatic rings. The molecule has 1 fully saturated rings. The number of halogens is 1. The number of ether oxygens (including phenoxy) is 1. The molecular formula is C16H21FN2O3. The molecule has 1 N–H and O–H groups in total. The maximum atomic E-state index is 13.5. The van der Waals surface area contributed by atoms with Crippen molar-refractivity contribution in [1.82, 2.24) is 10.2 Å². The van der Waals surface area contributed by atoms with E-state index in [1.54, 1.807) is 11.0 Å². The van der Waals surface area contributed by atoms with E-state index in [1.165, 1.54) is 25.1 Å². The van der Waals surface area contributed by atoms with E-state index in [2.05, 4.69) is 5.32 Å². The number of nitrogens with zero attached hydrogens (tertiary/aromatic N) is 1. The van der Waals surface area contributed by atoms with Crippen LogP contribution in [-0.2, 0) is 9.53 Å². The van der Waals surface area contributed by atoms with E-state index < -0.39 is 11.7 Å². The van der Waals surface area contributed by atoms with Crippen molar-refractivity contribution in [3.8, 4) is 0 Å². The molecule has 5 nitrogen and oxygen atoms in total. The first-order chi connectivity index (χ1) is 10.6. The molecule has 0 aromatic heterocycles. The van der Waals surface area contributed by atoms with Crippen LogP contribution in [0, 0.1) is 5.82 Å². The molecule has 2 rings (SSSR count). The minimum atomic E-state index is -0.553. The first-order valence-electron chi connectivity index (χ1n) is 7.48. The Hall–Kier alpha value is -1.95. The molecule has 22 heavy (non-hydrogen) atoms. The number of carbonyl (C=O) groups is 2. The van der Waals surface area contributed by atoms with Crippen molar-refractivity contribution in [3.63, 3.8) is 0 Å². The van der Waals surface area contributed by atoms with E-state index >= 15 is 0 Å². The lowest BCUT2D eigenvalue weighted by Gasteiger charge is -2.24. The fraction of sp³-hybridized carbons (Fsp3) is 0.500. The monoisotopic (exact) mass is 308 g/mol. The van der Waals surface area contributed by atoms with Crippen molar-refractivity contribution < 1.29 is 18.7 Å². The number of rotatable bonds is 6. The molecule has 0 spiro atoms. The highest BCUT2D eigenvalue weighted by Crippen LogP contribution is 2.13. The molecule has 6 heteroatoms. The first-order valence-corrected chi connectivity index (χ1v) is 7.48. The van der Waals surface area contributed by atoms with Gasteiger partial charge in [0.1, 0.15) is 5.82 Å². The molecule has 1 saturated heterocycles. The van der Waals surface area contributed by atoms with Crippen molar-refractivity contribution in [2.75, 3.05) is 26.2 Å². The van der Waals surface area contributed by atoms with Crippen LogP contribution in [-0.4, -0.2) is 49.1 Å². The van der Waals surface area contributed by atoms with E-state index in [4.69, 9.17) is 4.74 Å². The van der Waals surface area contributed by atoms with Crippen molar-refractivity contribution in [1.29, 1.82) is 0 Å². The van der Waals surface area contributed by atoms with E-state index in [0.29, 0.717) is 13.1 Å². The van der Waals surface area contributed by atoms with Crippen molar-refractivity contribution >= 4 is 11.8 Å². The second kappa shape index (κ2) is 7.89. The van der Waals surface area contributed by atoms with Gasteiger partial charge in [-0.1, -0.05) is 12.1 Å². The summed E-state index contributed by atoms with van der Waals surface area (Å²) in [6.45, 7) is 3.42. The van der Waals surface area contributed by atoms with Gasteiger partial charge in [0, 0.05) is 33.2 Å². The Bertz CT molecular complexity index is 530. The average molecular weight is 308 g/mol. The number of hydrogen-bond acceptors (Lipinski definition) is 3. The number of carbonyl (C=O) groups excluding carboxylic acids is 2.